The summed E-state index contributed by atoms with van der Waals surface area (Å²) in [5.74, 6) is -0.831. The molecule has 1 atom stereocenters. The molecule has 0 aliphatic carbocycles. The zero-order valence-corrected chi connectivity index (χ0v) is 33.0. The van der Waals surface area contributed by atoms with Crippen molar-refractivity contribution in [3.8, 4) is 28.5 Å². The first-order valence-corrected chi connectivity index (χ1v) is 19.8. The standard InChI is InChI=1S/C41H39BF2N2O9S2/c1-41(22-54-42(55-23-41)28-21-57-39-26(28)7-5-9-30(39)44)14-15-52-16-17-53-33-12-10-24(18-35(33)51-3)40(49)46-32(19-47)37(48)31-11-13-34(50-2)36(45-31)27-20-56-38-25(27)6-4-8-29(38)43/h4-13,18,20-21,32,47H,14-17,19,22-23H2,1-3H3,(H,46,49). The molecule has 1 saturated heterocycles. The van der Waals surface area contributed by atoms with E-state index in [1.165, 1.54) is 67.2 Å². The number of fused-ring (bicyclic) bond motifs is 2. The number of thiophene rings is 2. The van der Waals surface area contributed by atoms with Crippen molar-refractivity contribution < 1.29 is 51.7 Å². The maximum Gasteiger partial charge on any atom is 0.495 e. The molecule has 0 radical (unpaired) electrons. The maximum atomic E-state index is 14.4. The second kappa shape index (κ2) is 17.7. The molecule has 7 rings (SSSR count). The number of pyridine rings is 1. The first kappa shape index (κ1) is 40.2. The van der Waals surface area contributed by atoms with E-state index in [0.29, 0.717) is 70.4 Å². The van der Waals surface area contributed by atoms with Gasteiger partial charge >= 0.3 is 7.12 Å². The van der Waals surface area contributed by atoms with Crippen molar-refractivity contribution in [2.24, 2.45) is 5.41 Å². The van der Waals surface area contributed by atoms with E-state index in [-0.39, 0.29) is 40.7 Å². The third-order valence-electron chi connectivity index (χ3n) is 9.70. The Labute approximate surface area is 335 Å². The lowest BCUT2D eigenvalue weighted by atomic mass is 9.75. The van der Waals surface area contributed by atoms with E-state index < -0.39 is 31.5 Å². The number of methoxy groups -OCH3 is 2. The molecule has 296 valence electrons. The lowest BCUT2D eigenvalue weighted by Crippen LogP contribution is -2.48. The van der Waals surface area contributed by atoms with Gasteiger partial charge in [-0.25, -0.2) is 13.8 Å². The van der Waals surface area contributed by atoms with Crippen LogP contribution in [-0.4, -0.2) is 88.8 Å². The van der Waals surface area contributed by atoms with Crippen molar-refractivity contribution in [1.29, 1.82) is 0 Å². The first-order valence-electron chi connectivity index (χ1n) is 18.1. The molecule has 1 fully saturated rings. The molecule has 16 heteroatoms. The molecule has 2 N–H and O–H groups in total. The van der Waals surface area contributed by atoms with Crippen LogP contribution in [0.1, 0.15) is 34.2 Å². The van der Waals surface area contributed by atoms with Gasteiger partial charge in [0.25, 0.3) is 5.91 Å². The van der Waals surface area contributed by atoms with Gasteiger partial charge in [0.1, 0.15) is 41.4 Å². The highest BCUT2D eigenvalue weighted by Crippen LogP contribution is 2.39. The fraction of sp³-hybridized carbons (Fsp3) is 0.293. The van der Waals surface area contributed by atoms with Crippen LogP contribution >= 0.6 is 22.7 Å². The fourth-order valence-electron chi connectivity index (χ4n) is 6.51. The van der Waals surface area contributed by atoms with Gasteiger partial charge in [-0.15, -0.1) is 22.7 Å². The van der Waals surface area contributed by atoms with Gasteiger partial charge in [0, 0.05) is 52.6 Å². The molecule has 4 heterocycles. The minimum Gasteiger partial charge on any atom is -0.494 e. The topological polar surface area (TPSA) is 135 Å². The molecular weight excluding hydrogens is 777 g/mol. The second-order valence-electron chi connectivity index (χ2n) is 13.7. The third-order valence-corrected chi connectivity index (χ3v) is 11.7. The quantitative estimate of drug-likeness (QED) is 0.0619. The van der Waals surface area contributed by atoms with E-state index in [0.717, 1.165) is 10.8 Å². The van der Waals surface area contributed by atoms with Gasteiger partial charge in [-0.2, -0.15) is 0 Å². The van der Waals surface area contributed by atoms with E-state index in [1.807, 2.05) is 11.4 Å². The number of ketones is 1. The number of hydrogen-bond donors (Lipinski definition) is 2. The van der Waals surface area contributed by atoms with Crippen LogP contribution in [0, 0.1) is 17.0 Å². The molecule has 0 spiro atoms. The number of halogens is 2. The Balaban J connectivity index is 0.897. The smallest absolute Gasteiger partial charge is 0.494 e. The van der Waals surface area contributed by atoms with Crippen LogP contribution in [0.15, 0.2) is 77.5 Å². The highest BCUT2D eigenvalue weighted by atomic mass is 32.1. The minimum atomic E-state index is -1.32. The molecular formula is C41H39BF2N2O9S2. The molecule has 1 amide bonds. The number of hydrogen-bond acceptors (Lipinski definition) is 12. The molecule has 3 aromatic heterocycles. The number of amides is 1. The predicted molar refractivity (Wildman–Crippen MR) is 215 cm³/mol. The van der Waals surface area contributed by atoms with Crippen LogP contribution in [0.2, 0.25) is 0 Å². The lowest BCUT2D eigenvalue weighted by molar-refractivity contribution is -0.00723. The highest BCUT2D eigenvalue weighted by molar-refractivity contribution is 7.18. The third kappa shape index (κ3) is 8.66. The first-order chi connectivity index (χ1) is 27.6. The molecule has 1 aliphatic heterocycles. The van der Waals surface area contributed by atoms with Gasteiger partial charge in [0.15, 0.2) is 11.5 Å². The van der Waals surface area contributed by atoms with Crippen LogP contribution in [0.4, 0.5) is 8.78 Å². The van der Waals surface area contributed by atoms with Crippen molar-refractivity contribution in [2.45, 2.75) is 19.4 Å². The Morgan fingerprint density at radius 2 is 1.58 bits per heavy atom. The van der Waals surface area contributed by atoms with Crippen LogP contribution < -0.4 is 25.0 Å². The second-order valence-corrected chi connectivity index (χ2v) is 15.5. The Bertz CT molecular complexity index is 2400. The molecule has 3 aromatic carbocycles. The molecule has 11 nitrogen and oxygen atoms in total. The van der Waals surface area contributed by atoms with Crippen LogP contribution in [0.5, 0.6) is 17.2 Å². The Hall–Kier alpha value is -4.97. The maximum absolute atomic E-state index is 14.4. The van der Waals surface area contributed by atoms with Crippen LogP contribution in [-0.2, 0) is 14.0 Å². The van der Waals surface area contributed by atoms with Crippen LogP contribution in [0.25, 0.3) is 31.4 Å². The van der Waals surface area contributed by atoms with E-state index in [1.54, 1.807) is 35.7 Å². The van der Waals surface area contributed by atoms with Crippen molar-refractivity contribution in [3.05, 3.63) is 100 Å². The van der Waals surface area contributed by atoms with Gasteiger partial charge < -0.3 is 38.7 Å². The summed E-state index contributed by atoms with van der Waals surface area (Å²) in [6, 6.07) is 16.0. The summed E-state index contributed by atoms with van der Waals surface area (Å²) in [5, 5.41) is 17.8. The van der Waals surface area contributed by atoms with Crippen molar-refractivity contribution in [2.75, 3.05) is 53.9 Å². The van der Waals surface area contributed by atoms with Crippen molar-refractivity contribution in [3.63, 3.8) is 0 Å². The van der Waals surface area contributed by atoms with Crippen LogP contribution in [0.3, 0.4) is 0 Å². The lowest BCUT2D eigenvalue weighted by Gasteiger charge is -2.36. The summed E-state index contributed by atoms with van der Waals surface area (Å²) < 4.78 is 64.4. The van der Waals surface area contributed by atoms with Gasteiger partial charge in [-0.3, -0.25) is 9.59 Å². The number of Topliss-reactive ketones (excluding diaryl/α,β-unsaturated/α-hetero) is 1. The number of aromatic nitrogens is 1. The minimum absolute atomic E-state index is 0.0191. The molecule has 57 heavy (non-hydrogen) atoms. The van der Waals surface area contributed by atoms with Crippen molar-refractivity contribution >= 4 is 67.1 Å². The normalized spacial score (nSPS) is 14.5. The summed E-state index contributed by atoms with van der Waals surface area (Å²) >= 11 is 2.55. The summed E-state index contributed by atoms with van der Waals surface area (Å²) in [4.78, 5) is 31.4. The Morgan fingerprint density at radius 1 is 0.895 bits per heavy atom. The average molecular weight is 817 g/mol. The number of nitrogens with one attached hydrogen (secondary N) is 1. The molecule has 0 bridgehead atoms. The average Bonchev–Trinajstić information content (AvgIpc) is 3.87. The largest absolute Gasteiger partial charge is 0.495 e. The molecule has 1 aliphatic rings. The fourth-order valence-corrected chi connectivity index (χ4v) is 8.45. The van der Waals surface area contributed by atoms with Gasteiger partial charge in [-0.1, -0.05) is 31.2 Å². The van der Waals surface area contributed by atoms with Gasteiger partial charge in [0.2, 0.25) is 5.78 Å². The van der Waals surface area contributed by atoms with Gasteiger partial charge in [-0.05, 0) is 59.7 Å². The zero-order chi connectivity index (χ0) is 40.1. The monoisotopic (exact) mass is 816 g/mol. The number of nitrogens with zero attached hydrogens (tertiary/aromatic N) is 1. The number of benzene rings is 3. The van der Waals surface area contributed by atoms with E-state index in [2.05, 4.69) is 17.2 Å². The Morgan fingerprint density at radius 3 is 2.30 bits per heavy atom. The van der Waals surface area contributed by atoms with E-state index in [4.69, 9.17) is 28.3 Å². The van der Waals surface area contributed by atoms with E-state index >= 15 is 0 Å². The Kier molecular flexibility index (Phi) is 12.5. The predicted octanol–water partition coefficient (Wildman–Crippen LogP) is 6.68. The molecule has 0 saturated carbocycles. The highest BCUT2D eigenvalue weighted by Gasteiger charge is 2.37. The van der Waals surface area contributed by atoms with Gasteiger partial charge in [0.05, 0.1) is 36.8 Å². The van der Waals surface area contributed by atoms with E-state index in [9.17, 15) is 23.5 Å². The number of aliphatic hydroxyl groups excluding tert-OH is 1. The summed E-state index contributed by atoms with van der Waals surface area (Å²) in [6.07, 6.45) is 0.686. The summed E-state index contributed by atoms with van der Waals surface area (Å²) in [7, 11) is 2.36. The number of aliphatic hydroxyl groups is 1. The summed E-state index contributed by atoms with van der Waals surface area (Å²) in [5.41, 5.74) is 1.64. The number of rotatable bonds is 16. The van der Waals surface area contributed by atoms with Crippen molar-refractivity contribution in [1.82, 2.24) is 10.3 Å². The number of carbonyl (C=O) groups excluding carboxylic acids is 2. The molecule has 6 aromatic rings. The SMILES string of the molecule is COc1cc(C(=O)NC(CO)C(=O)c2ccc(OC)c(-c3csc4c(F)cccc34)n2)ccc1OCCOCCC1(C)COB(c2csc3c(F)cccc23)OC1. The summed E-state index contributed by atoms with van der Waals surface area (Å²) in [6.45, 7) is 3.26. The number of carbonyl (C=O) groups is 2. The number of ether oxygens (including phenoxy) is 4. The zero-order valence-electron chi connectivity index (χ0n) is 31.3. The molecule has 1 unspecified atom stereocenters.